The molecule has 0 radical (unpaired) electrons. The summed E-state index contributed by atoms with van der Waals surface area (Å²) in [5.74, 6) is -1.37. The number of benzene rings is 2. The van der Waals surface area contributed by atoms with Crippen LogP contribution in [0.2, 0.25) is 10.0 Å². The molecule has 3 aliphatic heterocycles. The molecule has 2 aromatic rings. The van der Waals surface area contributed by atoms with Gasteiger partial charge in [0, 0.05) is 29.2 Å². The average Bonchev–Trinajstić information content (AvgIpc) is 3.35. The first kappa shape index (κ1) is 29.3. The third-order valence-electron chi connectivity index (χ3n) is 8.91. The molecular formula is C31H39Cl2FN4O2. The molecule has 5 rings (SSSR count). The summed E-state index contributed by atoms with van der Waals surface area (Å²) in [7, 11) is 2.13. The Morgan fingerprint density at radius 1 is 1.18 bits per heavy atom. The molecule has 2 fully saturated rings. The molecule has 1 spiro atoms. The standard InChI is InChI=1S/C31H39Cl2FN4O2/c1-30(2,3)17-24-31(21-9-8-19(32)16-23(21)36-29(31)40)25(20-6-5-7-22(33)26(20)34)27(37-24)28(39)35-13-10-18-11-14-38(4)15-12-18/h5-9,16,18,24-25,27,37H,10-15,17H2,1-4H3,(H,35,39)(H,36,40)/t24-,25+,27-,31-/m1/s1. The molecule has 0 aromatic heterocycles. The van der Waals surface area contributed by atoms with E-state index in [-0.39, 0.29) is 27.8 Å². The maximum Gasteiger partial charge on any atom is 0.237 e. The zero-order chi connectivity index (χ0) is 28.8. The van der Waals surface area contributed by atoms with Gasteiger partial charge in [-0.25, -0.2) is 4.39 Å². The van der Waals surface area contributed by atoms with Gasteiger partial charge in [-0.15, -0.1) is 0 Å². The Morgan fingerprint density at radius 2 is 1.90 bits per heavy atom. The molecule has 3 aliphatic rings. The molecular weight excluding hydrogens is 550 g/mol. The third-order valence-corrected chi connectivity index (χ3v) is 9.44. The second-order valence-electron chi connectivity index (χ2n) is 12.9. The van der Waals surface area contributed by atoms with E-state index in [0.29, 0.717) is 29.6 Å². The number of nitrogens with zero attached hydrogens (tertiary/aromatic N) is 1. The van der Waals surface area contributed by atoms with Gasteiger partial charge in [0.05, 0.1) is 11.1 Å². The van der Waals surface area contributed by atoms with Crippen LogP contribution in [0.15, 0.2) is 36.4 Å². The van der Waals surface area contributed by atoms with Crippen molar-refractivity contribution in [3.63, 3.8) is 0 Å². The maximum absolute atomic E-state index is 15.8. The molecule has 0 aliphatic carbocycles. The molecule has 40 heavy (non-hydrogen) atoms. The summed E-state index contributed by atoms with van der Waals surface area (Å²) in [4.78, 5) is 30.5. The number of likely N-dealkylation sites (tertiary alicyclic amines) is 1. The van der Waals surface area contributed by atoms with Crippen LogP contribution < -0.4 is 16.0 Å². The van der Waals surface area contributed by atoms with Crippen molar-refractivity contribution in [3.05, 3.63) is 63.4 Å². The zero-order valence-corrected chi connectivity index (χ0v) is 25.1. The van der Waals surface area contributed by atoms with Gasteiger partial charge in [-0.05, 0) is 86.5 Å². The van der Waals surface area contributed by atoms with Crippen LogP contribution in [0.1, 0.15) is 63.5 Å². The molecule has 3 heterocycles. The van der Waals surface area contributed by atoms with Gasteiger partial charge >= 0.3 is 0 Å². The minimum absolute atomic E-state index is 0.0388. The molecule has 0 bridgehead atoms. The molecule has 2 amide bonds. The van der Waals surface area contributed by atoms with Crippen LogP contribution in [0.25, 0.3) is 0 Å². The van der Waals surface area contributed by atoms with Crippen molar-refractivity contribution in [2.45, 2.75) is 69.9 Å². The first-order valence-corrected chi connectivity index (χ1v) is 14.9. The normalized spacial score (nSPS) is 27.2. The molecule has 4 atom stereocenters. The van der Waals surface area contributed by atoms with E-state index in [2.05, 4.69) is 48.7 Å². The van der Waals surface area contributed by atoms with Crippen molar-refractivity contribution in [2.75, 3.05) is 32.0 Å². The van der Waals surface area contributed by atoms with Crippen molar-refractivity contribution in [1.82, 2.24) is 15.5 Å². The van der Waals surface area contributed by atoms with Crippen LogP contribution in [0.3, 0.4) is 0 Å². The van der Waals surface area contributed by atoms with E-state index >= 15 is 4.39 Å². The average molecular weight is 590 g/mol. The number of piperidine rings is 1. The number of halogens is 3. The minimum Gasteiger partial charge on any atom is -0.355 e. The summed E-state index contributed by atoms with van der Waals surface area (Å²) in [6.07, 6.45) is 3.70. The Kier molecular flexibility index (Phi) is 8.23. The summed E-state index contributed by atoms with van der Waals surface area (Å²) in [6, 6.07) is 8.83. The lowest BCUT2D eigenvalue weighted by molar-refractivity contribution is -0.123. The van der Waals surface area contributed by atoms with Crippen molar-refractivity contribution in [3.8, 4) is 0 Å². The van der Waals surface area contributed by atoms with E-state index in [9.17, 15) is 9.59 Å². The summed E-state index contributed by atoms with van der Waals surface area (Å²) < 4.78 is 15.8. The molecule has 0 unspecified atom stereocenters. The van der Waals surface area contributed by atoms with Crippen LogP contribution in [0.4, 0.5) is 10.1 Å². The number of anilines is 1. The van der Waals surface area contributed by atoms with Crippen molar-refractivity contribution >= 4 is 40.7 Å². The highest BCUT2D eigenvalue weighted by molar-refractivity contribution is 6.31. The largest absolute Gasteiger partial charge is 0.355 e. The highest BCUT2D eigenvalue weighted by Gasteiger charge is 2.66. The SMILES string of the molecule is CN1CCC(CCNC(=O)[C@@H]2N[C@H](CC(C)(C)C)[C@@]3(C(=O)Nc4cc(Cl)ccc43)[C@H]2c2cccc(Cl)c2F)CC1. The molecule has 216 valence electrons. The number of rotatable bonds is 6. The Hall–Kier alpha value is -2.19. The molecule has 0 saturated carbocycles. The lowest BCUT2D eigenvalue weighted by Gasteiger charge is -2.37. The zero-order valence-electron chi connectivity index (χ0n) is 23.6. The molecule has 9 heteroatoms. The predicted octanol–water partition coefficient (Wildman–Crippen LogP) is 5.73. The fourth-order valence-electron chi connectivity index (χ4n) is 7.01. The minimum atomic E-state index is -1.24. The topological polar surface area (TPSA) is 73.5 Å². The number of fused-ring (bicyclic) bond motifs is 2. The van der Waals surface area contributed by atoms with E-state index in [1.807, 2.05) is 6.07 Å². The molecule has 3 N–H and O–H groups in total. The van der Waals surface area contributed by atoms with Crippen LogP contribution in [0.5, 0.6) is 0 Å². The van der Waals surface area contributed by atoms with Gasteiger partial charge in [-0.3, -0.25) is 9.59 Å². The highest BCUT2D eigenvalue weighted by atomic mass is 35.5. The summed E-state index contributed by atoms with van der Waals surface area (Å²) in [6.45, 7) is 8.96. The van der Waals surface area contributed by atoms with Crippen LogP contribution in [-0.2, 0) is 15.0 Å². The fourth-order valence-corrected chi connectivity index (χ4v) is 7.37. The van der Waals surface area contributed by atoms with E-state index < -0.39 is 29.2 Å². The Balaban J connectivity index is 1.56. The summed E-state index contributed by atoms with van der Waals surface area (Å²) >= 11 is 12.6. The second-order valence-corrected chi connectivity index (χ2v) is 13.8. The van der Waals surface area contributed by atoms with Gasteiger partial charge in [0.2, 0.25) is 11.8 Å². The van der Waals surface area contributed by atoms with Crippen molar-refractivity contribution < 1.29 is 14.0 Å². The van der Waals surface area contributed by atoms with Crippen LogP contribution in [0, 0.1) is 17.2 Å². The predicted molar refractivity (Wildman–Crippen MR) is 159 cm³/mol. The maximum atomic E-state index is 15.8. The fraction of sp³-hybridized carbons (Fsp3) is 0.548. The summed E-state index contributed by atoms with van der Waals surface area (Å²) in [5.41, 5.74) is 0.139. The number of nitrogens with one attached hydrogen (secondary N) is 3. The molecule has 2 aromatic carbocycles. The molecule has 6 nitrogen and oxygen atoms in total. The lowest BCUT2D eigenvalue weighted by atomic mass is 9.62. The van der Waals surface area contributed by atoms with Crippen molar-refractivity contribution in [1.29, 1.82) is 0 Å². The van der Waals surface area contributed by atoms with Crippen LogP contribution in [-0.4, -0.2) is 55.5 Å². The lowest BCUT2D eigenvalue weighted by Crippen LogP contribution is -2.49. The van der Waals surface area contributed by atoms with E-state index in [1.54, 1.807) is 24.3 Å². The van der Waals surface area contributed by atoms with Gasteiger partial charge in [-0.2, -0.15) is 0 Å². The summed E-state index contributed by atoms with van der Waals surface area (Å²) in [5, 5.41) is 10.1. The van der Waals surface area contributed by atoms with E-state index in [1.165, 1.54) is 6.07 Å². The van der Waals surface area contributed by atoms with Crippen LogP contribution >= 0.6 is 23.2 Å². The third kappa shape index (κ3) is 5.38. The van der Waals surface area contributed by atoms with Gasteiger partial charge < -0.3 is 20.9 Å². The number of carbonyl (C=O) groups excluding carboxylic acids is 2. The first-order valence-electron chi connectivity index (χ1n) is 14.2. The van der Waals surface area contributed by atoms with Gasteiger partial charge in [0.15, 0.2) is 0 Å². The number of amides is 2. The second kappa shape index (κ2) is 11.2. The number of hydrogen-bond acceptors (Lipinski definition) is 4. The first-order chi connectivity index (χ1) is 18.9. The quantitative estimate of drug-likeness (QED) is 0.403. The number of hydrogen-bond donors (Lipinski definition) is 3. The Morgan fingerprint density at radius 3 is 2.60 bits per heavy atom. The highest BCUT2D eigenvalue weighted by Crippen LogP contribution is 2.57. The monoisotopic (exact) mass is 588 g/mol. The van der Waals surface area contributed by atoms with Gasteiger partial charge in [0.1, 0.15) is 11.2 Å². The Bertz CT molecular complexity index is 1290. The van der Waals surface area contributed by atoms with E-state index in [0.717, 1.165) is 37.9 Å². The van der Waals surface area contributed by atoms with E-state index in [4.69, 9.17) is 23.2 Å². The van der Waals surface area contributed by atoms with Gasteiger partial charge in [0.25, 0.3) is 0 Å². The number of carbonyl (C=O) groups is 2. The molecule has 2 saturated heterocycles. The Labute approximate surface area is 246 Å². The van der Waals surface area contributed by atoms with Crippen molar-refractivity contribution in [2.24, 2.45) is 11.3 Å². The van der Waals surface area contributed by atoms with Gasteiger partial charge in [-0.1, -0.05) is 62.2 Å². The smallest absolute Gasteiger partial charge is 0.237 e.